The highest BCUT2D eigenvalue weighted by Gasteiger charge is 2.16. The van der Waals surface area contributed by atoms with Crippen LogP contribution in [0.1, 0.15) is 32.1 Å². The molecule has 0 saturated carbocycles. The first-order valence-corrected chi connectivity index (χ1v) is 14.0. The van der Waals surface area contributed by atoms with E-state index in [-0.39, 0.29) is 48.0 Å². The summed E-state index contributed by atoms with van der Waals surface area (Å²) < 4.78 is 0.668. The average Bonchev–Trinajstić information content (AvgIpc) is 2.77. The number of nitrogens with zero attached hydrogens (tertiary/aromatic N) is 1. The summed E-state index contributed by atoms with van der Waals surface area (Å²) in [6.45, 7) is 1.73. The van der Waals surface area contributed by atoms with Gasteiger partial charge >= 0.3 is 0 Å². The molecule has 0 rings (SSSR count). The van der Waals surface area contributed by atoms with E-state index in [2.05, 4.69) is 30.5 Å². The summed E-state index contributed by atoms with van der Waals surface area (Å²) in [5.41, 5.74) is 0.0160. The number of unbranched alkanes of at least 4 members (excludes halogenated alkanes) is 1. The smallest absolute Gasteiger partial charge is 0.229 e. The number of rotatable bonds is 18. The van der Waals surface area contributed by atoms with E-state index in [9.17, 15) is 24.0 Å². The minimum absolute atomic E-state index is 0.0160. The third kappa shape index (κ3) is 16.1. The van der Waals surface area contributed by atoms with Gasteiger partial charge in [0, 0.05) is 45.6 Å². The Hall–Kier alpha value is -0.600. The van der Waals surface area contributed by atoms with E-state index in [1.165, 1.54) is 0 Å². The van der Waals surface area contributed by atoms with Crippen molar-refractivity contribution in [3.63, 3.8) is 0 Å². The lowest BCUT2D eigenvalue weighted by molar-refractivity contribution is -0.134. The summed E-state index contributed by atoms with van der Waals surface area (Å²) in [6, 6.07) is -0.192. The molecule has 0 aliphatic heterocycles. The van der Waals surface area contributed by atoms with E-state index in [0.717, 1.165) is 12.8 Å². The van der Waals surface area contributed by atoms with Gasteiger partial charge in [0.1, 0.15) is 0 Å². The minimum atomic E-state index is -0.206. The first kappa shape index (κ1) is 31.4. The van der Waals surface area contributed by atoms with Gasteiger partial charge in [0.05, 0.1) is 14.9 Å². The number of halogens is 2. The SMILES string of the molecule is CN[C@@H](CCCCNC(=O)CCC(=O)N(CCNC(=O)CI)CCNC(=O)CI)C(=O)P. The van der Waals surface area contributed by atoms with Crippen molar-refractivity contribution in [3.05, 3.63) is 0 Å². The monoisotopic (exact) mass is 697 g/mol. The lowest BCUT2D eigenvalue weighted by Gasteiger charge is -2.23. The summed E-state index contributed by atoms with van der Waals surface area (Å²) in [7, 11) is 3.91. The van der Waals surface area contributed by atoms with Crippen LogP contribution in [-0.4, -0.2) is 88.7 Å². The largest absolute Gasteiger partial charge is 0.356 e. The first-order valence-electron chi connectivity index (χ1n) is 10.4. The van der Waals surface area contributed by atoms with Gasteiger partial charge in [-0.15, -0.1) is 0 Å². The van der Waals surface area contributed by atoms with E-state index in [0.29, 0.717) is 48.0 Å². The number of likely N-dealkylation sites (N-methyl/N-ethyl adjacent to an activating group) is 1. The fraction of sp³-hybridized carbons (Fsp3) is 0.737. The summed E-state index contributed by atoms with van der Waals surface area (Å²) in [5.74, 6) is -0.636. The fourth-order valence-electron chi connectivity index (χ4n) is 2.71. The van der Waals surface area contributed by atoms with Crippen LogP contribution in [0.2, 0.25) is 0 Å². The van der Waals surface area contributed by atoms with Crippen LogP contribution in [0.4, 0.5) is 0 Å². The summed E-state index contributed by atoms with van der Waals surface area (Å²) in [6.07, 6.45) is 2.36. The predicted molar refractivity (Wildman–Crippen MR) is 144 cm³/mol. The molecule has 0 radical (unpaired) electrons. The fourth-order valence-corrected chi connectivity index (χ4v) is 3.59. The second-order valence-electron chi connectivity index (χ2n) is 6.94. The van der Waals surface area contributed by atoms with Crippen molar-refractivity contribution >= 4 is 83.6 Å². The van der Waals surface area contributed by atoms with E-state index in [1.54, 1.807) is 11.9 Å². The molecule has 184 valence electrons. The van der Waals surface area contributed by atoms with Crippen LogP contribution in [0, 0.1) is 0 Å². The zero-order valence-electron chi connectivity index (χ0n) is 18.4. The number of nitrogens with one attached hydrogen (secondary N) is 4. The van der Waals surface area contributed by atoms with Gasteiger partial charge in [-0.2, -0.15) is 0 Å². The highest BCUT2D eigenvalue weighted by molar-refractivity contribution is 14.1. The van der Waals surface area contributed by atoms with Crippen molar-refractivity contribution in [1.29, 1.82) is 0 Å². The van der Waals surface area contributed by atoms with E-state index in [4.69, 9.17) is 0 Å². The molecule has 0 bridgehead atoms. The Morgan fingerprint density at radius 2 is 1.34 bits per heavy atom. The Balaban J connectivity index is 4.33. The van der Waals surface area contributed by atoms with Crippen molar-refractivity contribution in [1.82, 2.24) is 26.2 Å². The third-order valence-corrected chi connectivity index (χ3v) is 6.29. The van der Waals surface area contributed by atoms with Gasteiger partial charge in [-0.05, 0) is 26.3 Å². The second-order valence-corrected chi connectivity index (χ2v) is 9.03. The highest BCUT2D eigenvalue weighted by Crippen LogP contribution is 2.05. The molecular weight excluding hydrogens is 663 g/mol. The zero-order valence-corrected chi connectivity index (χ0v) is 23.9. The second kappa shape index (κ2) is 19.8. The van der Waals surface area contributed by atoms with Crippen LogP contribution in [-0.2, 0) is 24.0 Å². The topological polar surface area (TPSA) is 137 Å². The highest BCUT2D eigenvalue weighted by atomic mass is 127. The molecule has 0 aliphatic carbocycles. The molecule has 13 heteroatoms. The summed E-state index contributed by atoms with van der Waals surface area (Å²) in [4.78, 5) is 60.3. The van der Waals surface area contributed by atoms with E-state index >= 15 is 0 Å². The van der Waals surface area contributed by atoms with Crippen LogP contribution in [0.5, 0.6) is 0 Å². The number of hydrogen-bond acceptors (Lipinski definition) is 6. The number of carbonyl (C=O) groups is 5. The molecule has 0 aromatic carbocycles. The summed E-state index contributed by atoms with van der Waals surface area (Å²) in [5, 5.41) is 11.2. The maximum atomic E-state index is 12.6. The number of carbonyl (C=O) groups excluding carboxylic acids is 5. The predicted octanol–water partition coefficient (Wildman–Crippen LogP) is -0.0262. The molecule has 10 nitrogen and oxygen atoms in total. The van der Waals surface area contributed by atoms with Crippen molar-refractivity contribution in [2.75, 3.05) is 48.6 Å². The van der Waals surface area contributed by atoms with Crippen LogP contribution >= 0.6 is 54.4 Å². The van der Waals surface area contributed by atoms with Crippen LogP contribution in [0.15, 0.2) is 0 Å². The Labute approximate surface area is 219 Å². The third-order valence-electron chi connectivity index (χ3n) is 4.50. The Bertz CT molecular complexity index is 605. The number of alkyl halides is 2. The van der Waals surface area contributed by atoms with Gasteiger partial charge in [0.2, 0.25) is 23.6 Å². The molecule has 32 heavy (non-hydrogen) atoms. The molecule has 0 heterocycles. The molecule has 0 aromatic rings. The van der Waals surface area contributed by atoms with E-state index < -0.39 is 0 Å². The molecule has 0 spiro atoms. The van der Waals surface area contributed by atoms with E-state index in [1.807, 2.05) is 45.2 Å². The number of amides is 4. The van der Waals surface area contributed by atoms with Crippen molar-refractivity contribution in [2.45, 2.75) is 38.1 Å². The zero-order chi connectivity index (χ0) is 24.4. The molecule has 0 aliphatic rings. The average molecular weight is 697 g/mol. The Morgan fingerprint density at radius 1 is 0.812 bits per heavy atom. The molecule has 0 saturated heterocycles. The van der Waals surface area contributed by atoms with Crippen molar-refractivity contribution in [3.8, 4) is 0 Å². The molecular formula is C19H34I2N5O5P. The first-order chi connectivity index (χ1) is 15.2. The van der Waals surface area contributed by atoms with Crippen LogP contribution in [0.25, 0.3) is 0 Å². The minimum Gasteiger partial charge on any atom is -0.356 e. The van der Waals surface area contributed by atoms with Gasteiger partial charge in [-0.3, -0.25) is 24.0 Å². The molecule has 4 N–H and O–H groups in total. The number of hydrogen-bond donors (Lipinski definition) is 4. The van der Waals surface area contributed by atoms with Crippen molar-refractivity contribution in [2.24, 2.45) is 0 Å². The maximum Gasteiger partial charge on any atom is 0.229 e. The standard InChI is InChI=1S/C19H34I2N5O5P/c1-22-14(19(31)32)4-2-3-7-23-15(27)5-6-18(30)26(10-8-24-16(28)12-20)11-9-25-17(29)13-21/h14,22H,2-13,32H2,1H3,(H,23,27)(H,24,28)(H,25,29)/t14-/m0/s1. The quantitative estimate of drug-likeness (QED) is 0.0689. The molecule has 0 fully saturated rings. The van der Waals surface area contributed by atoms with Crippen LogP contribution in [0.3, 0.4) is 0 Å². The van der Waals surface area contributed by atoms with Gasteiger partial charge < -0.3 is 26.2 Å². The Kier molecular flexibility index (Phi) is 19.5. The normalized spacial score (nSPS) is 11.4. The lowest BCUT2D eigenvalue weighted by Crippen LogP contribution is -2.43. The molecule has 0 aromatic heterocycles. The molecule has 1 unspecified atom stereocenters. The Morgan fingerprint density at radius 3 is 1.81 bits per heavy atom. The van der Waals surface area contributed by atoms with Gasteiger partial charge in [-0.1, -0.05) is 54.4 Å². The maximum absolute atomic E-state index is 12.6. The van der Waals surface area contributed by atoms with Gasteiger partial charge in [-0.25, -0.2) is 0 Å². The molecule has 2 atom stereocenters. The van der Waals surface area contributed by atoms with Crippen LogP contribution < -0.4 is 21.3 Å². The van der Waals surface area contributed by atoms with Gasteiger partial charge in [0.15, 0.2) is 5.52 Å². The summed E-state index contributed by atoms with van der Waals surface area (Å²) >= 11 is 3.92. The van der Waals surface area contributed by atoms with Crippen molar-refractivity contribution < 1.29 is 24.0 Å². The van der Waals surface area contributed by atoms with Gasteiger partial charge in [0.25, 0.3) is 0 Å². The molecule has 4 amide bonds. The lowest BCUT2D eigenvalue weighted by atomic mass is 10.1.